The van der Waals surface area contributed by atoms with E-state index in [2.05, 4.69) is 19.9 Å². The lowest BCUT2D eigenvalue weighted by Crippen LogP contribution is -2.31. The molecule has 0 amide bonds. The third-order valence-corrected chi connectivity index (χ3v) is 6.34. The largest absolute Gasteiger partial charge is 0.507 e. The van der Waals surface area contributed by atoms with Crippen LogP contribution in [0.15, 0.2) is 45.1 Å². The molecule has 0 saturated carbocycles. The highest BCUT2D eigenvalue weighted by Gasteiger charge is 2.32. The van der Waals surface area contributed by atoms with E-state index in [1.54, 1.807) is 6.07 Å². The lowest BCUT2D eigenvalue weighted by atomic mass is 9.93. The van der Waals surface area contributed by atoms with Crippen LogP contribution in [0.5, 0.6) is 23.0 Å². The smallest absolute Gasteiger partial charge is 0.204 e. The van der Waals surface area contributed by atoms with E-state index < -0.39 is 16.6 Å². The summed E-state index contributed by atoms with van der Waals surface area (Å²) in [5.74, 6) is 0.219. The highest BCUT2D eigenvalue weighted by Crippen LogP contribution is 2.46. The molecule has 6 nitrogen and oxygen atoms in total. The van der Waals surface area contributed by atoms with E-state index in [0.29, 0.717) is 16.9 Å². The summed E-state index contributed by atoms with van der Waals surface area (Å²) in [6.07, 6.45) is 11.2. The van der Waals surface area contributed by atoms with Crippen molar-refractivity contribution >= 4 is 34.1 Å². The minimum Gasteiger partial charge on any atom is -0.507 e. The van der Waals surface area contributed by atoms with Crippen molar-refractivity contribution in [3.8, 4) is 23.0 Å². The van der Waals surface area contributed by atoms with Gasteiger partial charge in [0.2, 0.25) is 11.2 Å². The topological polar surface area (TPSA) is 89.1 Å². The van der Waals surface area contributed by atoms with Gasteiger partial charge < -0.3 is 24.1 Å². The van der Waals surface area contributed by atoms with Gasteiger partial charge in [-0.15, -0.1) is 0 Å². The van der Waals surface area contributed by atoms with Gasteiger partial charge in [-0.1, -0.05) is 17.7 Å². The Kier molecular flexibility index (Phi) is 4.83. The van der Waals surface area contributed by atoms with Crippen molar-refractivity contribution in [2.45, 2.75) is 58.7 Å². The zero-order chi connectivity index (χ0) is 24.4. The lowest BCUT2D eigenvalue weighted by Gasteiger charge is -2.32. The van der Waals surface area contributed by atoms with E-state index in [9.17, 15) is 15.0 Å². The van der Waals surface area contributed by atoms with Crippen LogP contribution in [0.4, 0.5) is 0 Å². The minimum absolute atomic E-state index is 0.0178. The second-order valence-corrected chi connectivity index (χ2v) is 10.1. The van der Waals surface area contributed by atoms with Crippen molar-refractivity contribution in [3.63, 3.8) is 0 Å². The molecule has 0 radical (unpaired) electrons. The maximum atomic E-state index is 13.4. The Hall–Kier alpha value is -3.67. The fourth-order valence-corrected chi connectivity index (χ4v) is 4.51. The summed E-state index contributed by atoms with van der Waals surface area (Å²) in [6, 6.07) is 3.07. The molecule has 3 aromatic rings. The monoisotopic (exact) mass is 460 g/mol. The summed E-state index contributed by atoms with van der Waals surface area (Å²) in [7, 11) is 0. The van der Waals surface area contributed by atoms with E-state index in [-0.39, 0.29) is 39.2 Å². The van der Waals surface area contributed by atoms with Gasteiger partial charge in [0, 0.05) is 11.6 Å². The van der Waals surface area contributed by atoms with Crippen LogP contribution in [-0.4, -0.2) is 21.4 Å². The summed E-state index contributed by atoms with van der Waals surface area (Å²) in [5.41, 5.74) is 0.922. The highest BCUT2D eigenvalue weighted by molar-refractivity contribution is 6.01. The lowest BCUT2D eigenvalue weighted by molar-refractivity contribution is 0.124. The molecule has 176 valence electrons. The number of allylic oxidation sites excluding steroid dienone is 2. The zero-order valence-electron chi connectivity index (χ0n) is 20.0. The Balaban J connectivity index is 1.70. The van der Waals surface area contributed by atoms with Crippen molar-refractivity contribution in [1.82, 2.24) is 0 Å². The van der Waals surface area contributed by atoms with Crippen LogP contribution in [0.1, 0.15) is 58.6 Å². The van der Waals surface area contributed by atoms with E-state index in [1.165, 1.54) is 11.6 Å². The van der Waals surface area contributed by atoms with Crippen LogP contribution >= 0.6 is 0 Å². The number of hydrogen-bond acceptors (Lipinski definition) is 6. The van der Waals surface area contributed by atoms with Crippen molar-refractivity contribution in [1.29, 1.82) is 0 Å². The quantitative estimate of drug-likeness (QED) is 0.345. The molecule has 1 atom stereocenters. The van der Waals surface area contributed by atoms with Crippen molar-refractivity contribution in [2.75, 3.05) is 0 Å². The molecule has 0 fully saturated rings. The Morgan fingerprint density at radius 1 is 1.03 bits per heavy atom. The van der Waals surface area contributed by atoms with Crippen LogP contribution in [0.3, 0.4) is 0 Å². The fourth-order valence-electron chi connectivity index (χ4n) is 4.51. The molecule has 0 bridgehead atoms. The van der Waals surface area contributed by atoms with Crippen LogP contribution in [0.2, 0.25) is 0 Å². The second-order valence-electron chi connectivity index (χ2n) is 10.1. The third-order valence-electron chi connectivity index (χ3n) is 6.34. The first-order chi connectivity index (χ1) is 16.0. The first-order valence-electron chi connectivity index (χ1n) is 11.4. The standard InChI is InChI=1S/C28H28O6/c1-15(2)7-6-10-28(5)12-8-16-13-18-22(30)21-19(29)14-20-17(9-11-27(3,4)33-20)25(21)32-26(18)23(31)24(16)34-28/h7-9,11-14,29,31H,6,10H2,1-5H3. The maximum Gasteiger partial charge on any atom is 0.204 e. The average Bonchev–Trinajstić information content (AvgIpc) is 2.74. The van der Waals surface area contributed by atoms with Crippen LogP contribution in [0.25, 0.3) is 34.1 Å². The number of aromatic hydroxyl groups is 2. The van der Waals surface area contributed by atoms with E-state index in [4.69, 9.17) is 13.9 Å². The molecule has 0 aliphatic carbocycles. The number of hydrogen-bond donors (Lipinski definition) is 2. The predicted molar refractivity (Wildman–Crippen MR) is 134 cm³/mol. The van der Waals surface area contributed by atoms with Gasteiger partial charge in [0.25, 0.3) is 0 Å². The normalized spacial score (nSPS) is 19.9. The molecule has 1 aromatic heterocycles. The van der Waals surface area contributed by atoms with E-state index in [1.807, 2.05) is 45.1 Å². The SMILES string of the molecule is CC(C)=CCCC1(C)C=Cc2cc3c(=O)c4c(O)cc5c(c4oc3c(O)c2O1)C=CC(C)(C)O5. The Bertz CT molecular complexity index is 1500. The van der Waals surface area contributed by atoms with Crippen molar-refractivity contribution in [3.05, 3.63) is 57.3 Å². The van der Waals surface area contributed by atoms with Gasteiger partial charge in [0.15, 0.2) is 16.9 Å². The predicted octanol–water partition coefficient (Wildman–Crippen LogP) is 6.45. The molecule has 2 aromatic carbocycles. The first-order valence-corrected chi connectivity index (χ1v) is 11.4. The summed E-state index contributed by atoms with van der Waals surface area (Å²) in [4.78, 5) is 13.4. The second kappa shape index (κ2) is 7.42. The van der Waals surface area contributed by atoms with Crippen LogP contribution < -0.4 is 14.9 Å². The van der Waals surface area contributed by atoms with Gasteiger partial charge in [0.1, 0.15) is 28.1 Å². The molecule has 3 heterocycles. The molecule has 0 saturated heterocycles. The van der Waals surface area contributed by atoms with Gasteiger partial charge in [-0.05, 0) is 71.8 Å². The number of phenolic OH excluding ortho intramolecular Hbond substituents is 2. The summed E-state index contributed by atoms with van der Waals surface area (Å²) in [6.45, 7) is 9.85. The molecule has 2 N–H and O–H groups in total. The molecule has 2 aliphatic heterocycles. The summed E-state index contributed by atoms with van der Waals surface area (Å²) < 4.78 is 18.3. The molecule has 6 heteroatoms. The van der Waals surface area contributed by atoms with Gasteiger partial charge in [0.05, 0.1) is 10.9 Å². The maximum absolute atomic E-state index is 13.4. The number of ether oxygens (including phenoxy) is 2. The van der Waals surface area contributed by atoms with Crippen LogP contribution in [-0.2, 0) is 0 Å². The fraction of sp³-hybridized carbons (Fsp3) is 0.321. The van der Waals surface area contributed by atoms with Crippen molar-refractivity contribution in [2.24, 2.45) is 0 Å². The summed E-state index contributed by atoms with van der Waals surface area (Å²) >= 11 is 0. The highest BCUT2D eigenvalue weighted by atomic mass is 16.5. The zero-order valence-corrected chi connectivity index (χ0v) is 20.0. The Labute approximate surface area is 197 Å². The molecule has 1 unspecified atom stereocenters. The van der Waals surface area contributed by atoms with Gasteiger partial charge >= 0.3 is 0 Å². The molecular weight excluding hydrogens is 432 g/mol. The van der Waals surface area contributed by atoms with Crippen LogP contribution in [0, 0.1) is 0 Å². The van der Waals surface area contributed by atoms with Gasteiger partial charge in [-0.2, -0.15) is 0 Å². The van der Waals surface area contributed by atoms with E-state index >= 15 is 0 Å². The van der Waals surface area contributed by atoms with Gasteiger partial charge in [-0.25, -0.2) is 0 Å². The molecule has 34 heavy (non-hydrogen) atoms. The third kappa shape index (κ3) is 3.54. The first kappa shape index (κ1) is 22.1. The average molecular weight is 461 g/mol. The van der Waals surface area contributed by atoms with Gasteiger partial charge in [-0.3, -0.25) is 4.79 Å². The molecule has 0 spiro atoms. The molecule has 2 aliphatic rings. The Morgan fingerprint density at radius 3 is 2.53 bits per heavy atom. The number of rotatable bonds is 3. The molecular formula is C28H28O6. The minimum atomic E-state index is -0.610. The number of fused-ring (bicyclic) bond motifs is 5. The van der Waals surface area contributed by atoms with E-state index in [0.717, 1.165) is 12.8 Å². The Morgan fingerprint density at radius 2 is 1.79 bits per heavy atom. The molecule has 5 rings (SSSR count). The van der Waals surface area contributed by atoms with Crippen molar-refractivity contribution < 1.29 is 24.1 Å². The number of phenols is 2. The summed E-state index contributed by atoms with van der Waals surface area (Å²) in [5, 5.41) is 22.0. The number of benzene rings is 2.